The maximum absolute atomic E-state index is 12.4. The first-order valence-electron chi connectivity index (χ1n) is 9.31. The lowest BCUT2D eigenvalue weighted by molar-refractivity contribution is -0.113. The number of aryl methyl sites for hydroxylation is 2. The van der Waals surface area contributed by atoms with Crippen molar-refractivity contribution in [2.24, 2.45) is 0 Å². The Kier molecular flexibility index (Phi) is 5.96. The van der Waals surface area contributed by atoms with E-state index in [4.69, 9.17) is 4.74 Å². The molecule has 1 N–H and O–H groups in total. The van der Waals surface area contributed by atoms with Crippen LogP contribution in [-0.4, -0.2) is 34.0 Å². The number of aromatic nitrogens is 3. The summed E-state index contributed by atoms with van der Waals surface area (Å²) in [5.74, 6) is 0.893. The SMILES string of the molecule is COc1cccc(-c2nnc(SCC(=O)Nc3ccc(C)cc3)c3nc(C)sc23)c1. The number of hydrogen-bond donors (Lipinski definition) is 1. The molecule has 2 aromatic heterocycles. The number of thiazole rings is 1. The van der Waals surface area contributed by atoms with Crippen LogP contribution in [0.1, 0.15) is 10.6 Å². The first-order chi connectivity index (χ1) is 14.5. The van der Waals surface area contributed by atoms with Crippen LogP contribution in [0.4, 0.5) is 5.69 Å². The molecule has 4 aromatic rings. The number of rotatable bonds is 6. The number of hydrogen-bond acceptors (Lipinski definition) is 7. The van der Waals surface area contributed by atoms with Crippen molar-refractivity contribution in [2.45, 2.75) is 18.9 Å². The Morgan fingerprint density at radius 3 is 2.70 bits per heavy atom. The molecule has 0 aliphatic rings. The molecule has 0 aliphatic heterocycles. The van der Waals surface area contributed by atoms with Gasteiger partial charge in [-0.3, -0.25) is 4.79 Å². The second kappa shape index (κ2) is 8.81. The number of ether oxygens (including phenoxy) is 1. The van der Waals surface area contributed by atoms with E-state index < -0.39 is 0 Å². The van der Waals surface area contributed by atoms with Crippen LogP contribution in [0.25, 0.3) is 21.5 Å². The van der Waals surface area contributed by atoms with Gasteiger partial charge in [-0.15, -0.1) is 21.5 Å². The largest absolute Gasteiger partial charge is 0.497 e. The van der Waals surface area contributed by atoms with E-state index in [0.29, 0.717) is 5.03 Å². The fourth-order valence-electron chi connectivity index (χ4n) is 2.94. The van der Waals surface area contributed by atoms with E-state index in [1.807, 2.05) is 62.4 Å². The van der Waals surface area contributed by atoms with Crippen molar-refractivity contribution in [1.29, 1.82) is 0 Å². The Bertz CT molecular complexity index is 1210. The highest BCUT2D eigenvalue weighted by Gasteiger charge is 2.17. The molecule has 8 heteroatoms. The molecule has 6 nitrogen and oxygen atoms in total. The van der Waals surface area contributed by atoms with Gasteiger partial charge in [0.05, 0.1) is 22.6 Å². The summed E-state index contributed by atoms with van der Waals surface area (Å²) in [6, 6.07) is 15.4. The quantitative estimate of drug-likeness (QED) is 0.423. The van der Waals surface area contributed by atoms with Crippen LogP contribution >= 0.6 is 23.1 Å². The third-order valence-corrected chi connectivity index (χ3v) is 6.34. The van der Waals surface area contributed by atoms with Gasteiger partial charge in [-0.2, -0.15) is 0 Å². The third kappa shape index (κ3) is 4.44. The highest BCUT2D eigenvalue weighted by molar-refractivity contribution is 8.00. The zero-order chi connectivity index (χ0) is 21.1. The van der Waals surface area contributed by atoms with E-state index in [2.05, 4.69) is 20.5 Å². The normalized spacial score (nSPS) is 10.9. The first-order valence-corrected chi connectivity index (χ1v) is 11.1. The molecule has 0 aliphatic carbocycles. The molecule has 0 fully saturated rings. The molecule has 0 radical (unpaired) electrons. The van der Waals surface area contributed by atoms with Crippen molar-refractivity contribution in [3.8, 4) is 17.0 Å². The molecule has 2 heterocycles. The van der Waals surface area contributed by atoms with Gasteiger partial charge >= 0.3 is 0 Å². The van der Waals surface area contributed by atoms with E-state index >= 15 is 0 Å². The summed E-state index contributed by atoms with van der Waals surface area (Å²) in [4.78, 5) is 17.0. The smallest absolute Gasteiger partial charge is 0.234 e. The monoisotopic (exact) mass is 436 g/mol. The Hall–Kier alpha value is -2.97. The van der Waals surface area contributed by atoms with Gasteiger partial charge in [0.25, 0.3) is 0 Å². The highest BCUT2D eigenvalue weighted by atomic mass is 32.2. The molecule has 0 spiro atoms. The van der Waals surface area contributed by atoms with E-state index in [9.17, 15) is 4.79 Å². The van der Waals surface area contributed by atoms with Crippen molar-refractivity contribution in [2.75, 3.05) is 18.2 Å². The lowest BCUT2D eigenvalue weighted by Crippen LogP contribution is -2.14. The Labute approximate surface area is 182 Å². The fourth-order valence-corrected chi connectivity index (χ4v) is 4.66. The molecular weight excluding hydrogens is 416 g/mol. The number of methoxy groups -OCH3 is 1. The number of nitrogens with one attached hydrogen (secondary N) is 1. The van der Waals surface area contributed by atoms with Gasteiger partial charge in [0.2, 0.25) is 5.91 Å². The average molecular weight is 437 g/mol. The van der Waals surface area contributed by atoms with Gasteiger partial charge in [-0.05, 0) is 38.1 Å². The van der Waals surface area contributed by atoms with Crippen LogP contribution in [-0.2, 0) is 4.79 Å². The topological polar surface area (TPSA) is 77.0 Å². The maximum Gasteiger partial charge on any atom is 0.234 e. The van der Waals surface area contributed by atoms with Gasteiger partial charge in [-0.25, -0.2) is 4.98 Å². The van der Waals surface area contributed by atoms with Crippen molar-refractivity contribution < 1.29 is 9.53 Å². The summed E-state index contributed by atoms with van der Waals surface area (Å²) >= 11 is 2.91. The summed E-state index contributed by atoms with van der Waals surface area (Å²) < 4.78 is 6.28. The Balaban J connectivity index is 1.56. The molecule has 2 aromatic carbocycles. The number of carbonyl (C=O) groups excluding carboxylic acids is 1. The standard InChI is InChI=1S/C22H20N4O2S2/c1-13-7-9-16(10-8-13)24-18(27)12-29-22-20-21(30-14(2)23-20)19(25-26-22)15-5-4-6-17(11-15)28-3/h4-11H,12H2,1-3H3,(H,24,27). The van der Waals surface area contributed by atoms with E-state index in [1.165, 1.54) is 11.8 Å². The van der Waals surface area contributed by atoms with Crippen LogP contribution in [0, 0.1) is 13.8 Å². The molecule has 1 amide bonds. The van der Waals surface area contributed by atoms with Crippen LogP contribution in [0.2, 0.25) is 0 Å². The van der Waals surface area contributed by atoms with Crippen molar-refractivity contribution in [3.05, 3.63) is 59.1 Å². The maximum atomic E-state index is 12.4. The summed E-state index contributed by atoms with van der Waals surface area (Å²) in [5.41, 5.74) is 4.39. The molecule has 152 valence electrons. The summed E-state index contributed by atoms with van der Waals surface area (Å²) in [6.07, 6.45) is 0. The Morgan fingerprint density at radius 1 is 1.13 bits per heavy atom. The molecule has 30 heavy (non-hydrogen) atoms. The van der Waals surface area contributed by atoms with Crippen molar-refractivity contribution in [3.63, 3.8) is 0 Å². The molecule has 0 atom stereocenters. The fraction of sp³-hybridized carbons (Fsp3) is 0.182. The Morgan fingerprint density at radius 2 is 1.93 bits per heavy atom. The lowest BCUT2D eigenvalue weighted by Gasteiger charge is -2.07. The molecular formula is C22H20N4O2S2. The van der Waals surface area contributed by atoms with Gasteiger partial charge in [0.15, 0.2) is 0 Å². The van der Waals surface area contributed by atoms with Crippen LogP contribution in [0.3, 0.4) is 0 Å². The third-order valence-electron chi connectivity index (χ3n) is 4.41. The molecule has 4 rings (SSSR count). The lowest BCUT2D eigenvalue weighted by atomic mass is 10.1. The van der Waals surface area contributed by atoms with Crippen LogP contribution in [0.5, 0.6) is 5.75 Å². The number of benzene rings is 2. The van der Waals surface area contributed by atoms with Crippen LogP contribution in [0.15, 0.2) is 53.6 Å². The average Bonchev–Trinajstić information content (AvgIpc) is 3.15. The van der Waals surface area contributed by atoms with E-state index in [0.717, 1.165) is 43.5 Å². The second-order valence-electron chi connectivity index (χ2n) is 6.70. The predicted octanol–water partition coefficient (Wildman–Crippen LogP) is 5.11. The van der Waals surface area contributed by atoms with E-state index in [1.54, 1.807) is 18.4 Å². The van der Waals surface area contributed by atoms with Crippen molar-refractivity contribution in [1.82, 2.24) is 15.2 Å². The van der Waals surface area contributed by atoms with E-state index in [-0.39, 0.29) is 11.7 Å². The number of carbonyl (C=O) groups is 1. The zero-order valence-corrected chi connectivity index (χ0v) is 18.4. The minimum atomic E-state index is -0.0948. The minimum absolute atomic E-state index is 0.0948. The van der Waals surface area contributed by atoms with Crippen LogP contribution < -0.4 is 10.1 Å². The summed E-state index contributed by atoms with van der Waals surface area (Å²) in [6.45, 7) is 3.97. The number of thioether (sulfide) groups is 1. The minimum Gasteiger partial charge on any atom is -0.497 e. The number of amides is 1. The van der Waals surface area contributed by atoms with Crippen molar-refractivity contribution >= 4 is 44.9 Å². The summed E-state index contributed by atoms with van der Waals surface area (Å²) in [7, 11) is 1.64. The van der Waals surface area contributed by atoms with Gasteiger partial charge in [-0.1, -0.05) is 41.6 Å². The molecule has 0 saturated heterocycles. The number of anilines is 1. The molecule has 0 saturated carbocycles. The second-order valence-corrected chi connectivity index (χ2v) is 8.87. The number of fused-ring (bicyclic) bond motifs is 1. The highest BCUT2D eigenvalue weighted by Crippen LogP contribution is 2.36. The molecule has 0 bridgehead atoms. The van der Waals surface area contributed by atoms with Gasteiger partial charge in [0.1, 0.15) is 22.0 Å². The van der Waals surface area contributed by atoms with Gasteiger partial charge < -0.3 is 10.1 Å². The molecule has 0 unspecified atom stereocenters. The zero-order valence-electron chi connectivity index (χ0n) is 16.8. The summed E-state index contributed by atoms with van der Waals surface area (Å²) in [5, 5.41) is 13.3. The predicted molar refractivity (Wildman–Crippen MR) is 122 cm³/mol. The first kappa shape index (κ1) is 20.3. The number of nitrogens with zero attached hydrogens (tertiary/aromatic N) is 3. The van der Waals surface area contributed by atoms with Gasteiger partial charge in [0, 0.05) is 11.3 Å².